The maximum Gasteiger partial charge on any atom is 0.240 e. The zero-order valence-corrected chi connectivity index (χ0v) is 10.2. The highest BCUT2D eigenvalue weighted by molar-refractivity contribution is 5.75. The smallest absolute Gasteiger partial charge is 0.240 e. The van der Waals surface area contributed by atoms with Crippen molar-refractivity contribution in [1.82, 2.24) is 25.7 Å². The molecule has 1 amide bonds. The molecule has 2 aromatic rings. The lowest BCUT2D eigenvalue weighted by Gasteiger charge is -1.96. The van der Waals surface area contributed by atoms with Crippen LogP contribution in [-0.2, 0) is 11.3 Å². The number of nitrogens with one attached hydrogen (secondary N) is 1. The SMILES string of the molecule is COc1ccc(-c2noc(CNCC(N)=O)n2)nn1. The average Bonchev–Trinajstić information content (AvgIpc) is 2.87. The van der Waals surface area contributed by atoms with Crippen LogP contribution in [0.1, 0.15) is 5.89 Å². The van der Waals surface area contributed by atoms with E-state index in [-0.39, 0.29) is 13.1 Å². The van der Waals surface area contributed by atoms with Crippen LogP contribution in [-0.4, -0.2) is 39.9 Å². The van der Waals surface area contributed by atoms with E-state index in [4.69, 9.17) is 15.0 Å². The molecule has 0 unspecified atom stereocenters. The van der Waals surface area contributed by atoms with E-state index in [1.165, 1.54) is 7.11 Å². The van der Waals surface area contributed by atoms with Gasteiger partial charge < -0.3 is 15.0 Å². The molecule has 0 aliphatic carbocycles. The minimum Gasteiger partial charge on any atom is -0.480 e. The van der Waals surface area contributed by atoms with E-state index in [0.717, 1.165) is 0 Å². The van der Waals surface area contributed by atoms with Crippen LogP contribution in [0.25, 0.3) is 11.5 Å². The number of nitrogens with zero attached hydrogens (tertiary/aromatic N) is 4. The Morgan fingerprint density at radius 3 is 2.95 bits per heavy atom. The number of ether oxygens (including phenoxy) is 1. The summed E-state index contributed by atoms with van der Waals surface area (Å²) in [5, 5.41) is 14.2. The quantitative estimate of drug-likeness (QED) is 0.687. The molecule has 0 fully saturated rings. The Balaban J connectivity index is 2.01. The second kappa shape index (κ2) is 5.87. The normalized spacial score (nSPS) is 10.4. The Bertz CT molecular complexity index is 553. The number of amides is 1. The first-order valence-corrected chi connectivity index (χ1v) is 5.38. The number of carbonyl (C=O) groups excluding carboxylic acids is 1. The molecule has 0 aliphatic rings. The molecule has 19 heavy (non-hydrogen) atoms. The van der Waals surface area contributed by atoms with E-state index in [0.29, 0.717) is 23.3 Å². The Kier molecular flexibility index (Phi) is 3.98. The Morgan fingerprint density at radius 1 is 1.47 bits per heavy atom. The molecule has 3 N–H and O–H groups in total. The summed E-state index contributed by atoms with van der Waals surface area (Å²) in [4.78, 5) is 14.6. The predicted molar refractivity (Wildman–Crippen MR) is 62.8 cm³/mol. The third kappa shape index (κ3) is 3.45. The molecule has 0 radical (unpaired) electrons. The maximum absolute atomic E-state index is 10.5. The fraction of sp³-hybridized carbons (Fsp3) is 0.300. The lowest BCUT2D eigenvalue weighted by atomic mass is 10.4. The largest absolute Gasteiger partial charge is 0.480 e. The van der Waals surface area contributed by atoms with Crippen molar-refractivity contribution in [1.29, 1.82) is 0 Å². The highest BCUT2D eigenvalue weighted by Crippen LogP contribution is 2.14. The average molecular weight is 264 g/mol. The van der Waals surface area contributed by atoms with Crippen LogP contribution < -0.4 is 15.8 Å². The molecule has 0 saturated heterocycles. The minimum atomic E-state index is -0.458. The van der Waals surface area contributed by atoms with E-state index in [2.05, 4.69) is 25.7 Å². The van der Waals surface area contributed by atoms with E-state index in [1.807, 2.05) is 0 Å². The van der Waals surface area contributed by atoms with E-state index >= 15 is 0 Å². The Morgan fingerprint density at radius 2 is 2.32 bits per heavy atom. The summed E-state index contributed by atoms with van der Waals surface area (Å²) < 4.78 is 9.88. The molecular weight excluding hydrogens is 252 g/mol. The first-order chi connectivity index (χ1) is 9.19. The van der Waals surface area contributed by atoms with Gasteiger partial charge in [-0.25, -0.2) is 0 Å². The molecule has 9 nitrogen and oxygen atoms in total. The van der Waals surface area contributed by atoms with Crippen molar-refractivity contribution in [2.45, 2.75) is 6.54 Å². The molecule has 2 rings (SSSR count). The number of hydrogen-bond donors (Lipinski definition) is 2. The van der Waals surface area contributed by atoms with Crippen LogP contribution in [0.15, 0.2) is 16.7 Å². The summed E-state index contributed by atoms with van der Waals surface area (Å²) in [7, 11) is 1.50. The number of carbonyl (C=O) groups is 1. The van der Waals surface area contributed by atoms with Crippen LogP contribution in [0, 0.1) is 0 Å². The molecule has 2 aromatic heterocycles. The molecule has 100 valence electrons. The van der Waals surface area contributed by atoms with Gasteiger partial charge in [-0.05, 0) is 6.07 Å². The van der Waals surface area contributed by atoms with E-state index in [9.17, 15) is 4.79 Å². The molecule has 2 heterocycles. The van der Waals surface area contributed by atoms with Gasteiger partial charge in [-0.3, -0.25) is 10.1 Å². The summed E-state index contributed by atoms with van der Waals surface area (Å²) in [6, 6.07) is 3.31. The van der Waals surface area contributed by atoms with Gasteiger partial charge in [0.1, 0.15) is 5.69 Å². The van der Waals surface area contributed by atoms with E-state index in [1.54, 1.807) is 12.1 Å². The van der Waals surface area contributed by atoms with Gasteiger partial charge in [0, 0.05) is 6.07 Å². The standard InChI is InChI=1S/C10H12N6O3/c1-18-8-3-2-6(14-15-8)10-13-9(19-16-10)5-12-4-7(11)17/h2-3,12H,4-5H2,1H3,(H2,11,17). The van der Waals surface area contributed by atoms with Gasteiger partial charge in [-0.2, -0.15) is 4.98 Å². The first-order valence-electron chi connectivity index (χ1n) is 5.38. The number of hydrogen-bond acceptors (Lipinski definition) is 8. The summed E-state index contributed by atoms with van der Waals surface area (Å²) in [6.07, 6.45) is 0. The summed E-state index contributed by atoms with van der Waals surface area (Å²) >= 11 is 0. The highest BCUT2D eigenvalue weighted by Gasteiger charge is 2.10. The van der Waals surface area contributed by atoms with Crippen molar-refractivity contribution in [2.75, 3.05) is 13.7 Å². The van der Waals surface area contributed by atoms with Crippen LogP contribution in [0.3, 0.4) is 0 Å². The zero-order chi connectivity index (χ0) is 13.7. The number of methoxy groups -OCH3 is 1. The van der Waals surface area contributed by atoms with E-state index < -0.39 is 5.91 Å². The monoisotopic (exact) mass is 264 g/mol. The number of primary amides is 1. The summed E-state index contributed by atoms with van der Waals surface area (Å²) in [6.45, 7) is 0.291. The fourth-order valence-electron chi connectivity index (χ4n) is 1.27. The Hall–Kier alpha value is -2.55. The number of rotatable bonds is 6. The van der Waals surface area contributed by atoms with Crippen molar-refractivity contribution in [3.8, 4) is 17.4 Å². The molecule has 0 aromatic carbocycles. The second-order valence-electron chi connectivity index (χ2n) is 3.54. The molecule has 0 bridgehead atoms. The summed E-state index contributed by atoms with van der Waals surface area (Å²) in [5.41, 5.74) is 5.45. The van der Waals surface area contributed by atoms with Crippen LogP contribution in [0.5, 0.6) is 5.88 Å². The third-order valence-electron chi connectivity index (χ3n) is 2.12. The number of aromatic nitrogens is 4. The molecule has 9 heteroatoms. The van der Waals surface area contributed by atoms with Gasteiger partial charge in [0.2, 0.25) is 23.5 Å². The maximum atomic E-state index is 10.5. The lowest BCUT2D eigenvalue weighted by Crippen LogP contribution is -2.28. The first kappa shape index (κ1) is 12.9. The highest BCUT2D eigenvalue weighted by atomic mass is 16.5. The van der Waals surface area contributed by atoms with Gasteiger partial charge in [0.05, 0.1) is 20.2 Å². The zero-order valence-electron chi connectivity index (χ0n) is 10.2. The molecule has 0 aliphatic heterocycles. The van der Waals surface area contributed by atoms with Gasteiger partial charge in [-0.1, -0.05) is 5.16 Å². The fourth-order valence-corrected chi connectivity index (χ4v) is 1.27. The van der Waals surface area contributed by atoms with Gasteiger partial charge in [0.25, 0.3) is 0 Å². The molecular formula is C10H12N6O3. The van der Waals surface area contributed by atoms with Gasteiger partial charge >= 0.3 is 0 Å². The molecule has 0 atom stereocenters. The second-order valence-corrected chi connectivity index (χ2v) is 3.54. The topological polar surface area (TPSA) is 129 Å². The van der Waals surface area contributed by atoms with Crippen LogP contribution in [0.4, 0.5) is 0 Å². The van der Waals surface area contributed by atoms with Crippen molar-refractivity contribution < 1.29 is 14.1 Å². The molecule has 0 saturated carbocycles. The number of nitrogens with two attached hydrogens (primary N) is 1. The van der Waals surface area contributed by atoms with Crippen molar-refractivity contribution in [2.24, 2.45) is 5.73 Å². The van der Waals surface area contributed by atoms with Crippen molar-refractivity contribution in [3.05, 3.63) is 18.0 Å². The molecule has 0 spiro atoms. The van der Waals surface area contributed by atoms with Gasteiger partial charge in [-0.15, -0.1) is 10.2 Å². The lowest BCUT2D eigenvalue weighted by molar-refractivity contribution is -0.117. The van der Waals surface area contributed by atoms with Crippen LogP contribution in [0.2, 0.25) is 0 Å². The van der Waals surface area contributed by atoms with Crippen molar-refractivity contribution >= 4 is 5.91 Å². The third-order valence-corrected chi connectivity index (χ3v) is 2.12. The van der Waals surface area contributed by atoms with Crippen molar-refractivity contribution in [3.63, 3.8) is 0 Å². The van der Waals surface area contributed by atoms with Crippen LogP contribution >= 0.6 is 0 Å². The summed E-state index contributed by atoms with van der Waals surface area (Å²) in [5.74, 6) is 0.580. The minimum absolute atomic E-state index is 0.0417. The Labute approximate surface area is 108 Å². The van der Waals surface area contributed by atoms with Gasteiger partial charge in [0.15, 0.2) is 0 Å². The predicted octanol–water partition coefficient (Wildman–Crippen LogP) is -0.890.